The lowest BCUT2D eigenvalue weighted by Gasteiger charge is -2.19. The third-order valence-electron chi connectivity index (χ3n) is 3.14. The van der Waals surface area contributed by atoms with Crippen LogP contribution in [-0.2, 0) is 4.74 Å². The van der Waals surface area contributed by atoms with Crippen LogP contribution in [0.15, 0.2) is 35.5 Å². The molecule has 0 aromatic rings. The SMILES string of the molecule is CC(CCCCCCOC(C)(C)C)=C1C=CC=C1. The van der Waals surface area contributed by atoms with Gasteiger partial charge in [0.05, 0.1) is 5.60 Å². The highest BCUT2D eigenvalue weighted by Crippen LogP contribution is 2.18. The Morgan fingerprint density at radius 2 is 1.61 bits per heavy atom. The fourth-order valence-electron chi connectivity index (χ4n) is 2.03. The molecule has 0 bridgehead atoms. The Bertz CT molecular complexity index is 312. The third-order valence-corrected chi connectivity index (χ3v) is 3.14. The Balaban J connectivity index is 2.01. The highest BCUT2D eigenvalue weighted by Gasteiger charge is 2.08. The second-order valence-corrected chi connectivity index (χ2v) is 6.08. The maximum Gasteiger partial charge on any atom is 0.0598 e. The molecular formula is C17H28O. The number of unbranched alkanes of at least 4 members (excludes halogenated alkanes) is 3. The normalized spacial score (nSPS) is 14.6. The second kappa shape index (κ2) is 7.58. The first-order chi connectivity index (χ1) is 8.49. The molecule has 1 heteroatoms. The molecule has 1 aliphatic rings. The van der Waals surface area contributed by atoms with E-state index in [4.69, 9.17) is 4.74 Å². The van der Waals surface area contributed by atoms with Crippen LogP contribution >= 0.6 is 0 Å². The van der Waals surface area contributed by atoms with Gasteiger partial charge in [-0.1, -0.05) is 42.7 Å². The molecular weight excluding hydrogens is 220 g/mol. The van der Waals surface area contributed by atoms with Gasteiger partial charge in [0.25, 0.3) is 0 Å². The van der Waals surface area contributed by atoms with Crippen LogP contribution in [0.1, 0.15) is 59.8 Å². The average Bonchev–Trinajstić information content (AvgIpc) is 2.79. The smallest absolute Gasteiger partial charge is 0.0598 e. The first-order valence-corrected chi connectivity index (χ1v) is 7.17. The molecule has 0 fully saturated rings. The van der Waals surface area contributed by atoms with Gasteiger partial charge in [-0.15, -0.1) is 0 Å². The van der Waals surface area contributed by atoms with Gasteiger partial charge < -0.3 is 4.74 Å². The van der Waals surface area contributed by atoms with Crippen LogP contribution in [0.2, 0.25) is 0 Å². The van der Waals surface area contributed by atoms with Crippen molar-refractivity contribution in [3.63, 3.8) is 0 Å². The number of allylic oxidation sites excluding steroid dienone is 6. The molecule has 0 N–H and O–H groups in total. The number of hydrogen-bond donors (Lipinski definition) is 0. The molecule has 0 spiro atoms. The van der Waals surface area contributed by atoms with Gasteiger partial charge in [0.15, 0.2) is 0 Å². The molecule has 18 heavy (non-hydrogen) atoms. The summed E-state index contributed by atoms with van der Waals surface area (Å²) in [6.45, 7) is 9.49. The van der Waals surface area contributed by atoms with Gasteiger partial charge in [-0.2, -0.15) is 0 Å². The van der Waals surface area contributed by atoms with Crippen molar-refractivity contribution in [2.45, 2.75) is 65.4 Å². The summed E-state index contributed by atoms with van der Waals surface area (Å²) in [6.07, 6.45) is 14.9. The second-order valence-electron chi connectivity index (χ2n) is 6.08. The van der Waals surface area contributed by atoms with Gasteiger partial charge in [0, 0.05) is 6.61 Å². The quantitative estimate of drug-likeness (QED) is 0.563. The first kappa shape index (κ1) is 15.2. The minimum atomic E-state index is 0.0160. The fraction of sp³-hybridized carbons (Fsp3) is 0.647. The van der Waals surface area contributed by atoms with E-state index in [9.17, 15) is 0 Å². The van der Waals surface area contributed by atoms with Crippen LogP contribution < -0.4 is 0 Å². The van der Waals surface area contributed by atoms with Gasteiger partial charge in [0.1, 0.15) is 0 Å². The third kappa shape index (κ3) is 6.80. The summed E-state index contributed by atoms with van der Waals surface area (Å²) in [5.41, 5.74) is 2.94. The Morgan fingerprint density at radius 1 is 1.00 bits per heavy atom. The maximum atomic E-state index is 5.71. The molecule has 0 saturated heterocycles. The van der Waals surface area contributed by atoms with E-state index in [0.717, 1.165) is 6.61 Å². The van der Waals surface area contributed by atoms with Crippen molar-refractivity contribution in [3.8, 4) is 0 Å². The molecule has 1 nitrogen and oxygen atoms in total. The average molecular weight is 248 g/mol. The summed E-state index contributed by atoms with van der Waals surface area (Å²) in [4.78, 5) is 0. The zero-order chi connectivity index (χ0) is 13.4. The molecule has 102 valence electrons. The fourth-order valence-corrected chi connectivity index (χ4v) is 2.03. The van der Waals surface area contributed by atoms with Crippen molar-refractivity contribution >= 4 is 0 Å². The molecule has 0 heterocycles. The van der Waals surface area contributed by atoms with Crippen molar-refractivity contribution in [1.29, 1.82) is 0 Å². The Hall–Kier alpha value is -0.820. The van der Waals surface area contributed by atoms with E-state index in [0.29, 0.717) is 0 Å². The van der Waals surface area contributed by atoms with Crippen LogP contribution in [0, 0.1) is 0 Å². The lowest BCUT2D eigenvalue weighted by molar-refractivity contribution is -0.00473. The highest BCUT2D eigenvalue weighted by atomic mass is 16.5. The zero-order valence-corrected chi connectivity index (χ0v) is 12.5. The summed E-state index contributed by atoms with van der Waals surface area (Å²) in [6, 6.07) is 0. The minimum absolute atomic E-state index is 0.0160. The predicted molar refractivity (Wildman–Crippen MR) is 79.8 cm³/mol. The molecule has 0 atom stereocenters. The van der Waals surface area contributed by atoms with Crippen LogP contribution in [0.4, 0.5) is 0 Å². The van der Waals surface area contributed by atoms with E-state index in [-0.39, 0.29) is 5.60 Å². The van der Waals surface area contributed by atoms with Gasteiger partial charge in [-0.05, 0) is 52.5 Å². The largest absolute Gasteiger partial charge is 0.376 e. The Morgan fingerprint density at radius 3 is 2.22 bits per heavy atom. The van der Waals surface area contributed by atoms with Crippen molar-refractivity contribution in [3.05, 3.63) is 35.5 Å². The van der Waals surface area contributed by atoms with Gasteiger partial charge in [-0.3, -0.25) is 0 Å². The van der Waals surface area contributed by atoms with Crippen LogP contribution in [0.25, 0.3) is 0 Å². The molecule has 1 aliphatic carbocycles. The van der Waals surface area contributed by atoms with Gasteiger partial charge >= 0.3 is 0 Å². The molecule has 0 aromatic heterocycles. The number of hydrogen-bond acceptors (Lipinski definition) is 1. The molecule has 0 amide bonds. The lowest BCUT2D eigenvalue weighted by Crippen LogP contribution is -2.19. The zero-order valence-electron chi connectivity index (χ0n) is 12.5. The van der Waals surface area contributed by atoms with E-state index in [2.05, 4.69) is 52.0 Å². The monoisotopic (exact) mass is 248 g/mol. The predicted octanol–water partition coefficient (Wildman–Crippen LogP) is 5.19. The lowest BCUT2D eigenvalue weighted by atomic mass is 10.0. The van der Waals surface area contributed by atoms with E-state index in [1.54, 1.807) is 0 Å². The minimum Gasteiger partial charge on any atom is -0.376 e. The van der Waals surface area contributed by atoms with Crippen molar-refractivity contribution in [2.75, 3.05) is 6.61 Å². The van der Waals surface area contributed by atoms with Crippen LogP contribution in [-0.4, -0.2) is 12.2 Å². The van der Waals surface area contributed by atoms with E-state index < -0.39 is 0 Å². The number of rotatable bonds is 7. The summed E-state index contributed by atoms with van der Waals surface area (Å²) in [5.74, 6) is 0. The molecule has 0 aliphatic heterocycles. The Labute approximate surface area is 113 Å². The van der Waals surface area contributed by atoms with Crippen molar-refractivity contribution < 1.29 is 4.74 Å². The highest BCUT2D eigenvalue weighted by molar-refractivity contribution is 5.42. The molecule has 0 radical (unpaired) electrons. The van der Waals surface area contributed by atoms with E-state index in [1.165, 1.54) is 43.3 Å². The van der Waals surface area contributed by atoms with Crippen LogP contribution in [0.5, 0.6) is 0 Å². The molecule has 0 aromatic carbocycles. The molecule has 0 unspecified atom stereocenters. The Kier molecular flexibility index (Phi) is 6.42. The summed E-state index contributed by atoms with van der Waals surface area (Å²) >= 11 is 0. The van der Waals surface area contributed by atoms with E-state index in [1.807, 2.05) is 0 Å². The maximum absolute atomic E-state index is 5.71. The van der Waals surface area contributed by atoms with Crippen molar-refractivity contribution in [2.24, 2.45) is 0 Å². The van der Waals surface area contributed by atoms with Crippen molar-refractivity contribution in [1.82, 2.24) is 0 Å². The molecule has 1 rings (SSSR count). The first-order valence-electron chi connectivity index (χ1n) is 7.17. The topological polar surface area (TPSA) is 9.23 Å². The van der Waals surface area contributed by atoms with Gasteiger partial charge in [-0.25, -0.2) is 0 Å². The van der Waals surface area contributed by atoms with Gasteiger partial charge in [0.2, 0.25) is 0 Å². The van der Waals surface area contributed by atoms with E-state index >= 15 is 0 Å². The van der Waals surface area contributed by atoms with Crippen LogP contribution in [0.3, 0.4) is 0 Å². The summed E-state index contributed by atoms with van der Waals surface area (Å²) in [7, 11) is 0. The summed E-state index contributed by atoms with van der Waals surface area (Å²) in [5, 5.41) is 0. The summed E-state index contributed by atoms with van der Waals surface area (Å²) < 4.78 is 5.71. The standard InChI is InChI=1S/C17H28O/c1-15(16-12-8-9-13-16)11-7-5-6-10-14-18-17(2,3)4/h8-9,12-13H,5-7,10-11,14H2,1-4H3. The molecule has 0 saturated carbocycles. The number of ether oxygens (including phenoxy) is 1.